The third kappa shape index (κ3) is 5.02. The zero-order chi connectivity index (χ0) is 22.4. The van der Waals surface area contributed by atoms with Crippen molar-refractivity contribution in [3.05, 3.63) is 107 Å². The van der Waals surface area contributed by atoms with Crippen LogP contribution in [0.2, 0.25) is 0 Å². The van der Waals surface area contributed by atoms with Crippen LogP contribution in [0.15, 0.2) is 61.4 Å². The van der Waals surface area contributed by atoms with Crippen molar-refractivity contribution in [3.8, 4) is 0 Å². The zero-order valence-corrected chi connectivity index (χ0v) is 17.0. The normalized spacial score (nSPS) is 12.7. The van der Waals surface area contributed by atoms with Crippen LogP contribution >= 0.6 is 0 Å². The van der Waals surface area contributed by atoms with E-state index in [9.17, 15) is 17.6 Å². The van der Waals surface area contributed by atoms with E-state index >= 15 is 0 Å². The predicted molar refractivity (Wildman–Crippen MR) is 110 cm³/mol. The van der Waals surface area contributed by atoms with Crippen LogP contribution in [0.25, 0.3) is 0 Å². The van der Waals surface area contributed by atoms with E-state index in [-0.39, 0.29) is 11.8 Å². The van der Waals surface area contributed by atoms with Gasteiger partial charge in [0.25, 0.3) is 0 Å². The molecule has 0 aliphatic carbocycles. The van der Waals surface area contributed by atoms with Crippen molar-refractivity contribution in [3.63, 3.8) is 0 Å². The van der Waals surface area contributed by atoms with Gasteiger partial charge in [-0.2, -0.15) is 0 Å². The van der Waals surface area contributed by atoms with Crippen LogP contribution in [0.1, 0.15) is 54.6 Å². The minimum atomic E-state index is -0.820. The van der Waals surface area contributed by atoms with E-state index < -0.39 is 23.3 Å². The quantitative estimate of drug-likeness (QED) is 0.378. The summed E-state index contributed by atoms with van der Waals surface area (Å²) < 4.78 is 53.2. The lowest BCUT2D eigenvalue weighted by atomic mass is 9.93. The van der Waals surface area contributed by atoms with Gasteiger partial charge in [0, 0.05) is 35.6 Å². The van der Waals surface area contributed by atoms with Gasteiger partial charge in [0.1, 0.15) is 0 Å². The molecule has 0 fully saturated rings. The number of imidazole rings is 2. The van der Waals surface area contributed by atoms with Gasteiger partial charge in [-0.1, -0.05) is 38.1 Å². The first-order valence-electron chi connectivity index (χ1n) is 9.78. The molecular weight excluding hydrogens is 408 g/mol. The average Bonchev–Trinajstić information content (AvgIpc) is 3.48. The highest BCUT2D eigenvalue weighted by molar-refractivity contribution is 5.30. The van der Waals surface area contributed by atoms with E-state index in [1.54, 1.807) is 31.5 Å². The van der Waals surface area contributed by atoms with E-state index in [1.807, 2.05) is 6.92 Å². The average molecular weight is 430 g/mol. The lowest BCUT2D eigenvalue weighted by molar-refractivity contribution is 0.491. The van der Waals surface area contributed by atoms with Crippen LogP contribution < -0.4 is 0 Å². The van der Waals surface area contributed by atoms with Gasteiger partial charge in [0.05, 0.1) is 12.7 Å². The van der Waals surface area contributed by atoms with E-state index in [0.29, 0.717) is 17.5 Å². The Balaban J connectivity index is 0.000000176. The number of hydrogen-bond acceptors (Lipinski definition) is 2. The maximum atomic E-state index is 13.6. The van der Waals surface area contributed by atoms with Gasteiger partial charge in [-0.15, -0.1) is 0 Å². The van der Waals surface area contributed by atoms with Crippen molar-refractivity contribution < 1.29 is 17.6 Å². The molecule has 0 radical (unpaired) electrons. The van der Waals surface area contributed by atoms with Gasteiger partial charge in [-0.05, 0) is 29.7 Å². The first-order chi connectivity index (χ1) is 14.9. The van der Waals surface area contributed by atoms with Gasteiger partial charge >= 0.3 is 0 Å². The van der Waals surface area contributed by atoms with Gasteiger partial charge in [0.2, 0.25) is 0 Å². The summed E-state index contributed by atoms with van der Waals surface area (Å²) in [5.41, 5.74) is 2.26. The molecule has 4 rings (SSSR count). The predicted octanol–water partition coefficient (Wildman–Crippen LogP) is 6.07. The Morgan fingerprint density at radius 3 is 1.81 bits per heavy atom. The molecule has 2 aromatic carbocycles. The van der Waals surface area contributed by atoms with Crippen molar-refractivity contribution in [2.24, 2.45) is 0 Å². The number of aromatic nitrogens is 4. The summed E-state index contributed by atoms with van der Waals surface area (Å²) in [5, 5.41) is 0. The lowest BCUT2D eigenvalue weighted by Crippen LogP contribution is -2.04. The van der Waals surface area contributed by atoms with Gasteiger partial charge in [-0.25, -0.2) is 27.5 Å². The van der Waals surface area contributed by atoms with Crippen LogP contribution in [0.5, 0.6) is 0 Å². The van der Waals surface area contributed by atoms with E-state index in [2.05, 4.69) is 19.9 Å². The molecule has 8 heteroatoms. The SMILES string of the molecule is CC(c1cnc[nH]1)c1cccc(F)c1F.CCC(c1cnc[nH]1)c1cccc(F)c1F. The molecule has 2 unspecified atom stereocenters. The number of benzene rings is 2. The van der Waals surface area contributed by atoms with Crippen molar-refractivity contribution in [1.29, 1.82) is 0 Å². The summed E-state index contributed by atoms with van der Waals surface area (Å²) in [6, 6.07) is 8.43. The Kier molecular flexibility index (Phi) is 7.23. The molecule has 2 aromatic heterocycles. The van der Waals surface area contributed by atoms with Crippen LogP contribution in [0.3, 0.4) is 0 Å². The minimum absolute atomic E-state index is 0.182. The van der Waals surface area contributed by atoms with Crippen LogP contribution in [-0.4, -0.2) is 19.9 Å². The molecule has 2 atom stereocenters. The Bertz CT molecular complexity index is 1090. The monoisotopic (exact) mass is 430 g/mol. The summed E-state index contributed by atoms with van der Waals surface area (Å²) in [6.45, 7) is 3.72. The number of nitrogens with one attached hydrogen (secondary N) is 2. The van der Waals surface area contributed by atoms with Crippen LogP contribution in [0, 0.1) is 23.3 Å². The lowest BCUT2D eigenvalue weighted by Gasteiger charge is -2.14. The standard InChI is InChI=1S/C12H12F2N2.C11H10F2N2/c1-2-8(11-6-15-7-16-11)9-4-3-5-10(13)12(9)14;1-7(10-5-14-6-15-10)8-3-2-4-9(12)11(8)13/h3-8H,2H2,1H3,(H,15,16);2-7H,1H3,(H,14,15). The van der Waals surface area contributed by atoms with Crippen molar-refractivity contribution in [1.82, 2.24) is 19.9 Å². The Labute approximate surface area is 177 Å². The van der Waals surface area contributed by atoms with Gasteiger partial charge in [-0.3, -0.25) is 0 Å². The smallest absolute Gasteiger partial charge is 0.162 e. The summed E-state index contributed by atoms with van der Waals surface area (Å²) in [6.07, 6.45) is 6.98. The molecule has 0 aliphatic rings. The number of nitrogens with zero attached hydrogens (tertiary/aromatic N) is 2. The molecule has 0 saturated heterocycles. The summed E-state index contributed by atoms with van der Waals surface area (Å²) in [7, 11) is 0. The highest BCUT2D eigenvalue weighted by atomic mass is 19.2. The molecule has 162 valence electrons. The first kappa shape index (κ1) is 22.3. The van der Waals surface area contributed by atoms with E-state index in [0.717, 1.165) is 23.5 Å². The topological polar surface area (TPSA) is 57.4 Å². The Hall–Kier alpha value is -3.42. The Morgan fingerprint density at radius 1 is 0.774 bits per heavy atom. The number of H-pyrrole nitrogens is 2. The fourth-order valence-electron chi connectivity index (χ4n) is 3.38. The third-order valence-corrected chi connectivity index (χ3v) is 5.09. The maximum absolute atomic E-state index is 13.6. The third-order valence-electron chi connectivity index (χ3n) is 5.09. The maximum Gasteiger partial charge on any atom is 0.162 e. The molecular formula is C23H22F4N4. The molecule has 31 heavy (non-hydrogen) atoms. The molecule has 2 N–H and O–H groups in total. The largest absolute Gasteiger partial charge is 0.348 e. The van der Waals surface area contributed by atoms with Crippen molar-refractivity contribution in [2.75, 3.05) is 0 Å². The second-order valence-electron chi connectivity index (χ2n) is 6.98. The second-order valence-corrected chi connectivity index (χ2v) is 6.98. The van der Waals surface area contributed by atoms with Gasteiger partial charge < -0.3 is 9.97 Å². The zero-order valence-electron chi connectivity index (χ0n) is 17.0. The fourth-order valence-corrected chi connectivity index (χ4v) is 3.38. The van der Waals surface area contributed by atoms with Crippen LogP contribution in [0.4, 0.5) is 17.6 Å². The molecule has 0 spiro atoms. The van der Waals surface area contributed by atoms with E-state index in [1.165, 1.54) is 24.8 Å². The van der Waals surface area contributed by atoms with Crippen LogP contribution in [-0.2, 0) is 0 Å². The molecule has 2 heterocycles. The van der Waals surface area contributed by atoms with E-state index in [4.69, 9.17) is 0 Å². The Morgan fingerprint density at radius 2 is 1.29 bits per heavy atom. The van der Waals surface area contributed by atoms with Gasteiger partial charge in [0.15, 0.2) is 23.3 Å². The first-order valence-corrected chi connectivity index (χ1v) is 9.78. The minimum Gasteiger partial charge on any atom is -0.348 e. The summed E-state index contributed by atoms with van der Waals surface area (Å²) in [4.78, 5) is 13.6. The molecule has 0 amide bonds. The number of rotatable bonds is 5. The molecule has 4 nitrogen and oxygen atoms in total. The number of halogens is 4. The second kappa shape index (κ2) is 10.1. The molecule has 0 aliphatic heterocycles. The summed E-state index contributed by atoms with van der Waals surface area (Å²) >= 11 is 0. The highest BCUT2D eigenvalue weighted by Gasteiger charge is 2.19. The molecule has 0 saturated carbocycles. The highest BCUT2D eigenvalue weighted by Crippen LogP contribution is 2.29. The number of hydrogen-bond donors (Lipinski definition) is 2. The number of aromatic amines is 2. The summed E-state index contributed by atoms with van der Waals surface area (Å²) in [5.74, 6) is -3.61. The van der Waals surface area contributed by atoms with Crippen molar-refractivity contribution in [2.45, 2.75) is 32.1 Å². The molecule has 4 aromatic rings. The van der Waals surface area contributed by atoms with Crippen molar-refractivity contribution >= 4 is 0 Å². The molecule has 0 bridgehead atoms. The fraction of sp³-hybridized carbons (Fsp3) is 0.217.